The van der Waals surface area contributed by atoms with E-state index in [0.29, 0.717) is 15.6 Å². The molecule has 0 fully saturated rings. The standard InChI is InChI=1S/C20H21Cl2N3O4S.ClH/c1-11(2)24-19(26)13-4-6-18-17(8-13)25(20(27)16(23)10-30(18,28)29)9-12-3-5-14(21)15(22)7-12;/h3-8,11,16H,9-10,23H2,1-2H3,(H,24,26);1H/t16-;/m0./s1. The van der Waals surface area contributed by atoms with Gasteiger partial charge in [-0.05, 0) is 49.7 Å². The fourth-order valence-corrected chi connectivity index (χ4v) is 5.06. The van der Waals surface area contributed by atoms with Crippen LogP contribution in [0.2, 0.25) is 10.0 Å². The van der Waals surface area contributed by atoms with Crippen molar-refractivity contribution >= 4 is 62.9 Å². The van der Waals surface area contributed by atoms with Crippen molar-refractivity contribution < 1.29 is 18.0 Å². The lowest BCUT2D eigenvalue weighted by molar-refractivity contribution is -0.119. The van der Waals surface area contributed by atoms with Gasteiger partial charge in [-0.1, -0.05) is 29.3 Å². The zero-order valence-corrected chi connectivity index (χ0v) is 19.9. The minimum absolute atomic E-state index is 0. The van der Waals surface area contributed by atoms with Gasteiger partial charge in [-0.25, -0.2) is 8.42 Å². The van der Waals surface area contributed by atoms with Crippen molar-refractivity contribution in [2.24, 2.45) is 5.73 Å². The number of hydrogen-bond donors (Lipinski definition) is 2. The minimum Gasteiger partial charge on any atom is -0.350 e. The Bertz CT molecular complexity index is 1120. The highest BCUT2D eigenvalue weighted by molar-refractivity contribution is 7.91. The van der Waals surface area contributed by atoms with Crippen LogP contribution in [0.5, 0.6) is 0 Å². The number of anilines is 1. The second-order valence-corrected chi connectivity index (χ2v) is 10.2. The number of amides is 2. The minimum atomic E-state index is -3.83. The molecule has 2 aromatic rings. The van der Waals surface area contributed by atoms with E-state index in [-0.39, 0.29) is 47.0 Å². The number of halogens is 3. The monoisotopic (exact) mass is 505 g/mol. The second-order valence-electron chi connectivity index (χ2n) is 7.37. The summed E-state index contributed by atoms with van der Waals surface area (Å²) in [5, 5.41) is 3.41. The predicted molar refractivity (Wildman–Crippen MR) is 124 cm³/mol. The van der Waals surface area contributed by atoms with Gasteiger partial charge in [0, 0.05) is 11.6 Å². The van der Waals surface area contributed by atoms with Gasteiger partial charge in [-0.15, -0.1) is 12.4 Å². The molecule has 31 heavy (non-hydrogen) atoms. The van der Waals surface area contributed by atoms with Crippen LogP contribution >= 0.6 is 35.6 Å². The quantitative estimate of drug-likeness (QED) is 0.662. The van der Waals surface area contributed by atoms with Crippen molar-refractivity contribution in [3.8, 4) is 0 Å². The molecule has 1 aliphatic heterocycles. The summed E-state index contributed by atoms with van der Waals surface area (Å²) in [6.07, 6.45) is 0. The van der Waals surface area contributed by atoms with E-state index < -0.39 is 27.5 Å². The third-order valence-corrected chi connectivity index (χ3v) is 7.13. The number of nitrogens with one attached hydrogen (secondary N) is 1. The number of carbonyl (C=O) groups excluding carboxylic acids is 2. The number of carbonyl (C=O) groups is 2. The van der Waals surface area contributed by atoms with Gasteiger partial charge in [0.05, 0.1) is 39.0 Å². The molecule has 168 valence electrons. The Hall–Kier alpha value is -1.84. The van der Waals surface area contributed by atoms with Crippen LogP contribution < -0.4 is 16.0 Å². The topological polar surface area (TPSA) is 110 Å². The molecule has 0 radical (unpaired) electrons. The van der Waals surface area contributed by atoms with Crippen molar-refractivity contribution in [1.82, 2.24) is 5.32 Å². The van der Waals surface area contributed by atoms with E-state index in [1.165, 1.54) is 23.1 Å². The molecule has 0 saturated heterocycles. The van der Waals surface area contributed by atoms with E-state index in [4.69, 9.17) is 28.9 Å². The van der Waals surface area contributed by atoms with Gasteiger partial charge in [-0.3, -0.25) is 9.59 Å². The molecule has 0 aliphatic carbocycles. The van der Waals surface area contributed by atoms with Crippen molar-refractivity contribution in [2.45, 2.75) is 37.4 Å². The zero-order chi connectivity index (χ0) is 22.2. The van der Waals surface area contributed by atoms with Crippen LogP contribution in [-0.2, 0) is 21.2 Å². The largest absolute Gasteiger partial charge is 0.350 e. The van der Waals surface area contributed by atoms with Crippen molar-refractivity contribution in [3.05, 3.63) is 57.6 Å². The maximum Gasteiger partial charge on any atom is 0.251 e. The third kappa shape index (κ3) is 5.51. The van der Waals surface area contributed by atoms with Gasteiger partial charge >= 0.3 is 0 Å². The summed E-state index contributed by atoms with van der Waals surface area (Å²) in [5.74, 6) is -1.46. The smallest absolute Gasteiger partial charge is 0.251 e. The Labute approximate surface area is 197 Å². The Kier molecular flexibility index (Phi) is 7.99. The van der Waals surface area contributed by atoms with Crippen LogP contribution in [0, 0.1) is 0 Å². The Morgan fingerprint density at radius 1 is 1.19 bits per heavy atom. The summed E-state index contributed by atoms with van der Waals surface area (Å²) in [7, 11) is -3.83. The van der Waals surface area contributed by atoms with Gasteiger partial charge < -0.3 is 16.0 Å². The molecule has 11 heteroatoms. The van der Waals surface area contributed by atoms with Gasteiger partial charge in [0.1, 0.15) is 0 Å². The maximum atomic E-state index is 13.0. The van der Waals surface area contributed by atoms with Crippen LogP contribution in [0.25, 0.3) is 0 Å². The molecular formula is C20H22Cl3N3O4S. The number of nitrogens with zero attached hydrogens (tertiary/aromatic N) is 1. The van der Waals surface area contributed by atoms with Crippen molar-refractivity contribution in [3.63, 3.8) is 0 Å². The molecule has 1 aliphatic rings. The van der Waals surface area contributed by atoms with E-state index in [9.17, 15) is 18.0 Å². The fraction of sp³-hybridized carbons (Fsp3) is 0.300. The molecule has 0 unspecified atom stereocenters. The summed E-state index contributed by atoms with van der Waals surface area (Å²) in [6, 6.07) is 7.68. The molecule has 3 rings (SSSR count). The van der Waals surface area contributed by atoms with E-state index in [1.54, 1.807) is 18.2 Å². The number of sulfone groups is 1. The van der Waals surface area contributed by atoms with Crippen molar-refractivity contribution in [2.75, 3.05) is 10.7 Å². The number of nitrogens with two attached hydrogens (primary N) is 1. The van der Waals surface area contributed by atoms with E-state index in [0.717, 1.165) is 0 Å². The highest BCUT2D eigenvalue weighted by atomic mass is 35.5. The number of fused-ring (bicyclic) bond motifs is 1. The zero-order valence-electron chi connectivity index (χ0n) is 16.8. The molecule has 2 amide bonds. The van der Waals surface area contributed by atoms with Gasteiger partial charge in [0.2, 0.25) is 5.91 Å². The number of rotatable bonds is 4. The summed E-state index contributed by atoms with van der Waals surface area (Å²) >= 11 is 12.0. The third-order valence-electron chi connectivity index (χ3n) is 4.57. The molecule has 0 aromatic heterocycles. The number of benzene rings is 2. The summed E-state index contributed by atoms with van der Waals surface area (Å²) in [5.41, 5.74) is 6.87. The van der Waals surface area contributed by atoms with Gasteiger partial charge in [-0.2, -0.15) is 0 Å². The van der Waals surface area contributed by atoms with E-state index in [1.807, 2.05) is 13.8 Å². The lowest BCUT2D eigenvalue weighted by Crippen LogP contribution is -2.45. The normalized spacial score (nSPS) is 17.5. The summed E-state index contributed by atoms with van der Waals surface area (Å²) in [4.78, 5) is 26.7. The highest BCUT2D eigenvalue weighted by Gasteiger charge is 2.36. The Morgan fingerprint density at radius 3 is 2.48 bits per heavy atom. The first-order valence-electron chi connectivity index (χ1n) is 9.18. The second kappa shape index (κ2) is 9.75. The van der Waals surface area contributed by atoms with Gasteiger partial charge in [0.25, 0.3) is 5.91 Å². The summed E-state index contributed by atoms with van der Waals surface area (Å²) < 4.78 is 25.6. The molecule has 0 spiro atoms. The van der Waals surface area contributed by atoms with Crippen LogP contribution in [0.4, 0.5) is 5.69 Å². The average Bonchev–Trinajstić information content (AvgIpc) is 2.72. The van der Waals surface area contributed by atoms with Crippen molar-refractivity contribution in [1.29, 1.82) is 0 Å². The highest BCUT2D eigenvalue weighted by Crippen LogP contribution is 2.33. The first-order valence-corrected chi connectivity index (χ1v) is 11.6. The first-order chi connectivity index (χ1) is 14.0. The van der Waals surface area contributed by atoms with Crippen LogP contribution in [0.3, 0.4) is 0 Å². The summed E-state index contributed by atoms with van der Waals surface area (Å²) in [6.45, 7) is 3.64. The lowest BCUT2D eigenvalue weighted by Gasteiger charge is -2.25. The fourth-order valence-electron chi connectivity index (χ4n) is 3.18. The van der Waals surface area contributed by atoms with E-state index in [2.05, 4.69) is 5.32 Å². The van der Waals surface area contributed by atoms with Crippen LogP contribution in [0.1, 0.15) is 29.8 Å². The lowest BCUT2D eigenvalue weighted by atomic mass is 10.1. The SMILES string of the molecule is CC(C)NC(=O)c1ccc2c(c1)N(Cc1ccc(Cl)c(Cl)c1)C(=O)[C@@H](N)CS2(=O)=O.Cl. The average molecular weight is 507 g/mol. The molecule has 0 bridgehead atoms. The van der Waals surface area contributed by atoms with Crippen LogP contribution in [0.15, 0.2) is 41.3 Å². The Balaban J connectivity index is 0.00000341. The Morgan fingerprint density at radius 2 is 1.87 bits per heavy atom. The number of hydrogen-bond acceptors (Lipinski definition) is 5. The van der Waals surface area contributed by atoms with Crippen LogP contribution in [-0.4, -0.2) is 38.1 Å². The van der Waals surface area contributed by atoms with Gasteiger partial charge in [0.15, 0.2) is 9.84 Å². The predicted octanol–water partition coefficient (Wildman–Crippen LogP) is 3.20. The molecule has 1 heterocycles. The molecule has 3 N–H and O–H groups in total. The van der Waals surface area contributed by atoms with E-state index >= 15 is 0 Å². The maximum absolute atomic E-state index is 13.0. The first kappa shape index (κ1) is 25.4. The molecule has 2 aromatic carbocycles. The molecule has 0 saturated carbocycles. The molecule has 1 atom stereocenters. The molecular weight excluding hydrogens is 485 g/mol. The molecule has 7 nitrogen and oxygen atoms in total.